The average molecular weight is 431 g/mol. The summed E-state index contributed by atoms with van der Waals surface area (Å²) in [6, 6.07) is 14.3. The Labute approximate surface area is 184 Å². The highest BCUT2D eigenvalue weighted by Crippen LogP contribution is 2.35. The standard InChI is InChI=1S/C25H22N2O3S/c1-2-20-17-11-13-31-21(17)10-12-27(20)14-22(28)26-19-9-5-8-18-23(19)25(30)16-7-4-3-6-15(16)24(18)29/h3-9,11,13,20H,2,10,12,14H2,1H3,(H,26,28). The Kier molecular flexibility index (Phi) is 5.04. The maximum absolute atomic E-state index is 13.1. The molecule has 0 saturated heterocycles. The summed E-state index contributed by atoms with van der Waals surface area (Å²) in [5, 5.41) is 5.03. The van der Waals surface area contributed by atoms with Crippen molar-refractivity contribution in [2.24, 2.45) is 0 Å². The van der Waals surface area contributed by atoms with Crippen molar-refractivity contribution >= 4 is 34.5 Å². The molecule has 0 radical (unpaired) electrons. The number of anilines is 1. The van der Waals surface area contributed by atoms with Gasteiger partial charge in [0.15, 0.2) is 11.6 Å². The number of benzene rings is 2. The number of ketones is 2. The van der Waals surface area contributed by atoms with Gasteiger partial charge in [0.1, 0.15) is 0 Å². The number of hydrogen-bond acceptors (Lipinski definition) is 5. The number of nitrogens with zero attached hydrogens (tertiary/aromatic N) is 1. The summed E-state index contributed by atoms with van der Waals surface area (Å²) < 4.78 is 0. The van der Waals surface area contributed by atoms with Gasteiger partial charge in [0, 0.05) is 34.2 Å². The summed E-state index contributed by atoms with van der Waals surface area (Å²) in [6.07, 6.45) is 1.88. The van der Waals surface area contributed by atoms with Gasteiger partial charge in [-0.3, -0.25) is 19.3 Å². The molecule has 3 aromatic rings. The molecule has 5 nitrogen and oxygen atoms in total. The predicted octanol–water partition coefficient (Wildman–Crippen LogP) is 4.47. The number of thiophene rings is 1. The minimum atomic E-state index is -0.228. The summed E-state index contributed by atoms with van der Waals surface area (Å²) in [7, 11) is 0. The van der Waals surface area contributed by atoms with E-state index in [2.05, 4.69) is 28.6 Å². The van der Waals surface area contributed by atoms with Crippen LogP contribution in [0.25, 0.3) is 0 Å². The zero-order chi connectivity index (χ0) is 21.5. The van der Waals surface area contributed by atoms with Crippen molar-refractivity contribution in [3.8, 4) is 0 Å². The van der Waals surface area contributed by atoms with Crippen LogP contribution in [-0.4, -0.2) is 35.5 Å². The zero-order valence-corrected chi connectivity index (χ0v) is 18.0. The lowest BCUT2D eigenvalue weighted by Crippen LogP contribution is -2.40. The first-order valence-corrected chi connectivity index (χ1v) is 11.4. The van der Waals surface area contributed by atoms with E-state index in [0.717, 1.165) is 19.4 Å². The summed E-state index contributed by atoms with van der Waals surface area (Å²) >= 11 is 1.78. The van der Waals surface area contributed by atoms with Crippen molar-refractivity contribution in [3.05, 3.63) is 86.6 Å². The summed E-state index contributed by atoms with van der Waals surface area (Å²) in [5.41, 5.74) is 3.14. The first-order valence-electron chi connectivity index (χ1n) is 10.5. The van der Waals surface area contributed by atoms with Crippen molar-refractivity contribution in [2.75, 3.05) is 18.4 Å². The van der Waals surface area contributed by atoms with Crippen molar-refractivity contribution in [2.45, 2.75) is 25.8 Å². The predicted molar refractivity (Wildman–Crippen MR) is 121 cm³/mol. The SMILES string of the molecule is CCC1c2ccsc2CCN1CC(=O)Nc1cccc2c1C(=O)c1ccccc1C2=O. The Morgan fingerprint density at radius 1 is 1.03 bits per heavy atom. The maximum atomic E-state index is 13.1. The van der Waals surface area contributed by atoms with Crippen LogP contribution in [0.4, 0.5) is 5.69 Å². The molecule has 2 heterocycles. The Morgan fingerprint density at radius 3 is 2.55 bits per heavy atom. The van der Waals surface area contributed by atoms with Gasteiger partial charge in [0.2, 0.25) is 5.91 Å². The van der Waals surface area contributed by atoms with Crippen LogP contribution >= 0.6 is 11.3 Å². The topological polar surface area (TPSA) is 66.5 Å². The van der Waals surface area contributed by atoms with Crippen molar-refractivity contribution in [3.63, 3.8) is 0 Å². The number of fused-ring (bicyclic) bond motifs is 3. The fourth-order valence-corrected chi connectivity index (χ4v) is 5.67. The van der Waals surface area contributed by atoms with E-state index in [-0.39, 0.29) is 35.6 Å². The molecule has 1 N–H and O–H groups in total. The molecule has 2 aromatic carbocycles. The van der Waals surface area contributed by atoms with E-state index in [9.17, 15) is 14.4 Å². The minimum Gasteiger partial charge on any atom is -0.324 e. The maximum Gasteiger partial charge on any atom is 0.238 e. The molecule has 0 spiro atoms. The second-order valence-corrected chi connectivity index (χ2v) is 8.92. The number of carbonyl (C=O) groups is 3. The van der Waals surface area contributed by atoms with Crippen LogP contribution in [0.3, 0.4) is 0 Å². The highest BCUT2D eigenvalue weighted by Gasteiger charge is 2.32. The van der Waals surface area contributed by atoms with E-state index in [1.54, 1.807) is 53.8 Å². The molecule has 2 aliphatic rings. The molecule has 156 valence electrons. The molecule has 1 unspecified atom stereocenters. The van der Waals surface area contributed by atoms with Gasteiger partial charge in [-0.1, -0.05) is 43.3 Å². The van der Waals surface area contributed by atoms with Crippen molar-refractivity contribution in [1.82, 2.24) is 4.90 Å². The number of hydrogen-bond donors (Lipinski definition) is 1. The van der Waals surface area contributed by atoms with Gasteiger partial charge in [-0.2, -0.15) is 0 Å². The molecule has 0 fully saturated rings. The summed E-state index contributed by atoms with van der Waals surface area (Å²) in [6.45, 7) is 3.21. The highest BCUT2D eigenvalue weighted by molar-refractivity contribution is 7.10. The Hall–Kier alpha value is -3.09. The second kappa shape index (κ2) is 7.87. The van der Waals surface area contributed by atoms with Crippen LogP contribution in [0.1, 0.15) is 61.7 Å². The molecule has 1 aliphatic heterocycles. The van der Waals surface area contributed by atoms with Crippen LogP contribution in [0.15, 0.2) is 53.9 Å². The highest BCUT2D eigenvalue weighted by atomic mass is 32.1. The molecule has 1 amide bonds. The van der Waals surface area contributed by atoms with E-state index in [4.69, 9.17) is 0 Å². The molecular weight excluding hydrogens is 408 g/mol. The lowest BCUT2D eigenvalue weighted by atomic mass is 9.83. The third-order valence-corrected chi connectivity index (χ3v) is 7.16. The molecule has 1 atom stereocenters. The molecule has 0 bridgehead atoms. The van der Waals surface area contributed by atoms with E-state index in [1.807, 2.05) is 0 Å². The van der Waals surface area contributed by atoms with Crippen LogP contribution < -0.4 is 5.32 Å². The Bertz CT molecular complexity index is 1210. The fraction of sp³-hybridized carbons (Fsp3) is 0.240. The van der Waals surface area contributed by atoms with Gasteiger partial charge in [-0.05, 0) is 35.9 Å². The lowest BCUT2D eigenvalue weighted by Gasteiger charge is -2.34. The van der Waals surface area contributed by atoms with Gasteiger partial charge in [-0.25, -0.2) is 0 Å². The zero-order valence-electron chi connectivity index (χ0n) is 17.2. The van der Waals surface area contributed by atoms with E-state index >= 15 is 0 Å². The van der Waals surface area contributed by atoms with Crippen LogP contribution in [0.2, 0.25) is 0 Å². The smallest absolute Gasteiger partial charge is 0.238 e. The Balaban J connectivity index is 1.40. The first-order chi connectivity index (χ1) is 15.1. The second-order valence-electron chi connectivity index (χ2n) is 7.92. The van der Waals surface area contributed by atoms with E-state index in [1.165, 1.54) is 10.4 Å². The fourth-order valence-electron chi connectivity index (χ4n) is 4.74. The van der Waals surface area contributed by atoms with Crippen LogP contribution in [0.5, 0.6) is 0 Å². The van der Waals surface area contributed by atoms with Crippen molar-refractivity contribution in [1.29, 1.82) is 0 Å². The van der Waals surface area contributed by atoms with Gasteiger partial charge in [0.05, 0.1) is 17.8 Å². The molecule has 6 heteroatoms. The quantitative estimate of drug-likeness (QED) is 0.519. The summed E-state index contributed by atoms with van der Waals surface area (Å²) in [4.78, 5) is 42.6. The Morgan fingerprint density at radius 2 is 1.77 bits per heavy atom. The molecule has 1 aliphatic carbocycles. The van der Waals surface area contributed by atoms with E-state index in [0.29, 0.717) is 22.4 Å². The van der Waals surface area contributed by atoms with E-state index < -0.39 is 0 Å². The van der Waals surface area contributed by atoms with Crippen LogP contribution in [-0.2, 0) is 11.2 Å². The normalized spacial score (nSPS) is 17.6. The largest absolute Gasteiger partial charge is 0.324 e. The van der Waals surface area contributed by atoms with Crippen LogP contribution in [0, 0.1) is 0 Å². The number of carbonyl (C=O) groups excluding carboxylic acids is 3. The molecule has 1 aromatic heterocycles. The van der Waals surface area contributed by atoms with Gasteiger partial charge >= 0.3 is 0 Å². The molecule has 31 heavy (non-hydrogen) atoms. The number of rotatable bonds is 4. The third-order valence-electron chi connectivity index (χ3n) is 6.17. The first kappa shape index (κ1) is 19.8. The average Bonchev–Trinajstić information content (AvgIpc) is 3.26. The summed E-state index contributed by atoms with van der Waals surface area (Å²) in [5.74, 6) is -0.591. The van der Waals surface area contributed by atoms with Crippen molar-refractivity contribution < 1.29 is 14.4 Å². The number of nitrogens with one attached hydrogen (secondary N) is 1. The van der Waals surface area contributed by atoms with Gasteiger partial charge < -0.3 is 5.32 Å². The molecule has 0 saturated carbocycles. The minimum absolute atomic E-state index is 0.176. The van der Waals surface area contributed by atoms with Gasteiger partial charge in [-0.15, -0.1) is 11.3 Å². The lowest BCUT2D eigenvalue weighted by molar-refractivity contribution is -0.118. The van der Waals surface area contributed by atoms with Gasteiger partial charge in [0.25, 0.3) is 0 Å². The number of amides is 1. The monoisotopic (exact) mass is 430 g/mol. The molecular formula is C25H22N2O3S. The third kappa shape index (κ3) is 3.32. The molecule has 5 rings (SSSR count).